The first-order chi connectivity index (χ1) is 8.86. The monoisotopic (exact) mass is 244 g/mol. The molecular weight excluding hydrogens is 228 g/mol. The lowest BCUT2D eigenvalue weighted by Crippen LogP contribution is -2.47. The van der Waals surface area contributed by atoms with Crippen LogP contribution in [-0.2, 0) is 12.8 Å². The van der Waals surface area contributed by atoms with Gasteiger partial charge in [0.2, 0.25) is 0 Å². The van der Waals surface area contributed by atoms with Crippen molar-refractivity contribution in [2.24, 2.45) is 5.84 Å². The van der Waals surface area contributed by atoms with Gasteiger partial charge >= 0.3 is 0 Å². The first-order valence-electron chi connectivity index (χ1n) is 6.08. The Bertz CT molecular complexity index is 483. The van der Waals surface area contributed by atoms with E-state index in [2.05, 4.69) is 11.5 Å². The highest BCUT2D eigenvalue weighted by atomic mass is 16.5. The molecule has 2 atom stereocenters. The van der Waals surface area contributed by atoms with Crippen LogP contribution in [0.5, 0.6) is 5.75 Å². The summed E-state index contributed by atoms with van der Waals surface area (Å²) < 4.78 is 11.0. The Kier molecular flexibility index (Phi) is 3.04. The number of para-hydroxylation sites is 1. The van der Waals surface area contributed by atoms with Crippen LogP contribution >= 0.6 is 0 Å². The van der Waals surface area contributed by atoms with Crippen molar-refractivity contribution in [1.29, 1.82) is 0 Å². The van der Waals surface area contributed by atoms with E-state index in [9.17, 15) is 0 Å². The van der Waals surface area contributed by atoms with Gasteiger partial charge in [-0.1, -0.05) is 18.2 Å². The number of furan rings is 1. The molecule has 3 N–H and O–H groups in total. The van der Waals surface area contributed by atoms with E-state index in [-0.39, 0.29) is 12.1 Å². The normalized spacial score (nSPS) is 19.3. The van der Waals surface area contributed by atoms with Gasteiger partial charge in [0, 0.05) is 6.42 Å². The van der Waals surface area contributed by atoms with E-state index in [1.54, 1.807) is 12.5 Å². The molecule has 1 aromatic carbocycles. The maximum atomic E-state index is 5.94. The first-order valence-corrected chi connectivity index (χ1v) is 6.08. The summed E-state index contributed by atoms with van der Waals surface area (Å²) in [7, 11) is 0. The molecule has 0 saturated carbocycles. The number of benzene rings is 1. The second-order valence-electron chi connectivity index (χ2n) is 4.58. The van der Waals surface area contributed by atoms with Crippen LogP contribution in [0.15, 0.2) is 47.3 Å². The molecule has 0 fully saturated rings. The molecule has 0 spiro atoms. The van der Waals surface area contributed by atoms with Gasteiger partial charge in [-0.15, -0.1) is 0 Å². The predicted molar refractivity (Wildman–Crippen MR) is 68.1 cm³/mol. The molecule has 0 radical (unpaired) electrons. The molecule has 94 valence electrons. The minimum absolute atomic E-state index is 0.0716. The standard InChI is InChI=1S/C14H16N2O2/c15-16-12(7-10-5-6-17-9-10)14-8-11-3-1-2-4-13(11)18-14/h1-6,9,12,14,16H,7-8,15H2. The van der Waals surface area contributed by atoms with Gasteiger partial charge in [-0.25, -0.2) is 0 Å². The van der Waals surface area contributed by atoms with Crippen molar-refractivity contribution < 1.29 is 9.15 Å². The summed E-state index contributed by atoms with van der Waals surface area (Å²) in [5, 5.41) is 0. The number of fused-ring (bicyclic) bond motifs is 1. The van der Waals surface area contributed by atoms with Crippen LogP contribution in [0.3, 0.4) is 0 Å². The molecule has 0 aliphatic carbocycles. The second kappa shape index (κ2) is 4.84. The van der Waals surface area contributed by atoms with Crippen molar-refractivity contribution in [1.82, 2.24) is 5.43 Å². The number of hydrogen-bond acceptors (Lipinski definition) is 4. The van der Waals surface area contributed by atoms with Gasteiger partial charge in [0.25, 0.3) is 0 Å². The Morgan fingerprint density at radius 1 is 1.33 bits per heavy atom. The average Bonchev–Trinajstić information content (AvgIpc) is 3.04. The summed E-state index contributed by atoms with van der Waals surface area (Å²) in [5.74, 6) is 6.61. The summed E-state index contributed by atoms with van der Waals surface area (Å²) in [5.41, 5.74) is 5.22. The fraction of sp³-hybridized carbons (Fsp3) is 0.286. The quantitative estimate of drug-likeness (QED) is 0.634. The molecule has 1 aliphatic rings. The molecule has 0 saturated heterocycles. The van der Waals surface area contributed by atoms with Gasteiger partial charge in [0.1, 0.15) is 11.9 Å². The lowest BCUT2D eigenvalue weighted by Gasteiger charge is -2.21. The summed E-state index contributed by atoms with van der Waals surface area (Å²) >= 11 is 0. The van der Waals surface area contributed by atoms with E-state index in [1.165, 1.54) is 5.56 Å². The Morgan fingerprint density at radius 2 is 2.22 bits per heavy atom. The van der Waals surface area contributed by atoms with E-state index >= 15 is 0 Å². The maximum absolute atomic E-state index is 5.94. The van der Waals surface area contributed by atoms with Crippen LogP contribution < -0.4 is 16.0 Å². The highest BCUT2D eigenvalue weighted by molar-refractivity contribution is 5.37. The lowest BCUT2D eigenvalue weighted by atomic mass is 10.00. The highest BCUT2D eigenvalue weighted by Crippen LogP contribution is 2.30. The molecule has 4 nitrogen and oxygen atoms in total. The smallest absolute Gasteiger partial charge is 0.123 e. The summed E-state index contributed by atoms with van der Waals surface area (Å²) in [6, 6.07) is 10.1. The van der Waals surface area contributed by atoms with Crippen molar-refractivity contribution >= 4 is 0 Å². The average molecular weight is 244 g/mol. The zero-order valence-corrected chi connectivity index (χ0v) is 10.0. The number of ether oxygens (including phenoxy) is 1. The molecule has 2 aromatic rings. The number of hydrazine groups is 1. The van der Waals surface area contributed by atoms with Crippen LogP contribution in [0.1, 0.15) is 11.1 Å². The Labute approximate surface area is 106 Å². The molecule has 1 aliphatic heterocycles. The number of nitrogens with two attached hydrogens (primary N) is 1. The number of hydrogen-bond donors (Lipinski definition) is 2. The van der Waals surface area contributed by atoms with Gasteiger partial charge in [-0.05, 0) is 29.7 Å². The van der Waals surface area contributed by atoms with Crippen molar-refractivity contribution in [2.75, 3.05) is 0 Å². The van der Waals surface area contributed by atoms with Gasteiger partial charge in [-0.3, -0.25) is 11.3 Å². The third kappa shape index (κ3) is 2.12. The molecule has 2 heterocycles. The SMILES string of the molecule is NNC(Cc1ccoc1)C1Cc2ccccc2O1. The maximum Gasteiger partial charge on any atom is 0.123 e. The van der Waals surface area contributed by atoms with Crippen molar-refractivity contribution in [3.63, 3.8) is 0 Å². The van der Waals surface area contributed by atoms with Crippen molar-refractivity contribution in [2.45, 2.75) is 25.0 Å². The zero-order chi connectivity index (χ0) is 12.4. The van der Waals surface area contributed by atoms with Gasteiger partial charge in [0.15, 0.2) is 0 Å². The van der Waals surface area contributed by atoms with Gasteiger partial charge < -0.3 is 9.15 Å². The van der Waals surface area contributed by atoms with Crippen LogP contribution in [0.2, 0.25) is 0 Å². The van der Waals surface area contributed by atoms with E-state index in [4.69, 9.17) is 15.0 Å². The second-order valence-corrected chi connectivity index (χ2v) is 4.58. The fourth-order valence-corrected chi connectivity index (χ4v) is 2.39. The van der Waals surface area contributed by atoms with Crippen LogP contribution in [-0.4, -0.2) is 12.1 Å². The molecule has 4 heteroatoms. The minimum Gasteiger partial charge on any atom is -0.488 e. The number of rotatable bonds is 4. The molecule has 3 rings (SSSR count). The Hall–Kier alpha value is -1.78. The fourth-order valence-electron chi connectivity index (χ4n) is 2.39. The summed E-state index contributed by atoms with van der Waals surface area (Å²) in [6.07, 6.45) is 5.18. The summed E-state index contributed by atoms with van der Waals surface area (Å²) in [6.45, 7) is 0. The van der Waals surface area contributed by atoms with Crippen LogP contribution in [0.4, 0.5) is 0 Å². The predicted octanol–water partition coefficient (Wildman–Crippen LogP) is 1.66. The van der Waals surface area contributed by atoms with Crippen LogP contribution in [0.25, 0.3) is 0 Å². The third-order valence-electron chi connectivity index (χ3n) is 3.37. The van der Waals surface area contributed by atoms with Crippen molar-refractivity contribution in [3.8, 4) is 5.75 Å². The highest BCUT2D eigenvalue weighted by Gasteiger charge is 2.29. The molecule has 1 aromatic heterocycles. The lowest BCUT2D eigenvalue weighted by molar-refractivity contribution is 0.177. The van der Waals surface area contributed by atoms with Gasteiger partial charge in [0.05, 0.1) is 18.6 Å². The minimum atomic E-state index is 0.0716. The van der Waals surface area contributed by atoms with E-state index in [1.807, 2.05) is 24.3 Å². The van der Waals surface area contributed by atoms with Gasteiger partial charge in [-0.2, -0.15) is 0 Å². The topological polar surface area (TPSA) is 60.4 Å². The molecule has 0 amide bonds. The molecule has 0 bridgehead atoms. The number of nitrogens with one attached hydrogen (secondary N) is 1. The first kappa shape index (κ1) is 11.3. The van der Waals surface area contributed by atoms with E-state index in [0.29, 0.717) is 0 Å². The zero-order valence-electron chi connectivity index (χ0n) is 10.0. The Morgan fingerprint density at radius 3 is 2.94 bits per heavy atom. The van der Waals surface area contributed by atoms with Crippen molar-refractivity contribution in [3.05, 3.63) is 54.0 Å². The largest absolute Gasteiger partial charge is 0.488 e. The third-order valence-corrected chi connectivity index (χ3v) is 3.37. The summed E-state index contributed by atoms with van der Waals surface area (Å²) in [4.78, 5) is 0. The molecular formula is C14H16N2O2. The van der Waals surface area contributed by atoms with E-state index in [0.717, 1.165) is 24.2 Å². The van der Waals surface area contributed by atoms with Crippen LogP contribution in [0, 0.1) is 0 Å². The van der Waals surface area contributed by atoms with E-state index < -0.39 is 0 Å². The molecule has 2 unspecified atom stereocenters. The Balaban J connectivity index is 1.71. The molecule has 18 heavy (non-hydrogen) atoms.